The molecule has 0 bridgehead atoms. The Bertz CT molecular complexity index is 1110. The molecular weight excluding hydrogens is 442 g/mol. The van der Waals surface area contributed by atoms with E-state index in [4.69, 9.17) is 0 Å². The highest BCUT2D eigenvalue weighted by Gasteiger charge is 2.14. The van der Waals surface area contributed by atoms with Crippen molar-refractivity contribution in [1.82, 2.24) is 9.55 Å². The summed E-state index contributed by atoms with van der Waals surface area (Å²) in [6.45, 7) is 3.77. The lowest BCUT2D eigenvalue weighted by Gasteiger charge is -2.11. The molecule has 0 aliphatic carbocycles. The van der Waals surface area contributed by atoms with Gasteiger partial charge in [-0.15, -0.1) is 0 Å². The minimum absolute atomic E-state index is 0.0767. The number of halogens is 1. The molecule has 8 heteroatoms. The zero-order valence-electron chi connectivity index (χ0n) is 15.4. The molecule has 6 nitrogen and oxygen atoms in total. The van der Waals surface area contributed by atoms with Gasteiger partial charge in [0, 0.05) is 29.2 Å². The molecule has 0 aliphatic heterocycles. The number of aromatic nitrogens is 2. The SMILES string of the molecule is CCn1c(SCC(=O)c2ccc(NC(C)=O)cc2)nc2ccc(Br)cc2c1=O. The number of hydrogen-bond donors (Lipinski definition) is 1. The number of fused-ring (bicyclic) bond motifs is 1. The zero-order chi connectivity index (χ0) is 20.3. The summed E-state index contributed by atoms with van der Waals surface area (Å²) in [6, 6.07) is 12.1. The number of anilines is 1. The lowest BCUT2D eigenvalue weighted by atomic mass is 10.1. The highest BCUT2D eigenvalue weighted by atomic mass is 79.9. The van der Waals surface area contributed by atoms with Crippen molar-refractivity contribution >= 4 is 56.0 Å². The summed E-state index contributed by atoms with van der Waals surface area (Å²) in [5.41, 5.74) is 1.66. The van der Waals surface area contributed by atoms with E-state index < -0.39 is 0 Å². The normalized spacial score (nSPS) is 10.8. The largest absolute Gasteiger partial charge is 0.326 e. The standard InChI is InChI=1S/C20H18BrN3O3S/c1-3-24-19(27)16-10-14(21)6-9-17(16)23-20(24)28-11-18(26)13-4-7-15(8-5-13)22-12(2)25/h4-10H,3,11H2,1-2H3,(H,22,25). The summed E-state index contributed by atoms with van der Waals surface area (Å²) in [5.74, 6) is -0.0812. The second-order valence-electron chi connectivity index (χ2n) is 6.08. The van der Waals surface area contributed by atoms with E-state index in [0.717, 1.165) is 4.47 Å². The van der Waals surface area contributed by atoms with Crippen molar-refractivity contribution in [3.05, 3.63) is 62.9 Å². The third-order valence-corrected chi connectivity index (χ3v) is 5.53. The van der Waals surface area contributed by atoms with Crippen LogP contribution < -0.4 is 10.9 Å². The van der Waals surface area contributed by atoms with Crippen molar-refractivity contribution in [3.8, 4) is 0 Å². The summed E-state index contributed by atoms with van der Waals surface area (Å²) in [4.78, 5) is 40.9. The molecule has 2 aromatic carbocycles. The molecule has 0 saturated heterocycles. The number of thioether (sulfide) groups is 1. The molecule has 3 rings (SSSR count). The molecule has 0 radical (unpaired) electrons. The lowest BCUT2D eigenvalue weighted by molar-refractivity contribution is -0.114. The molecule has 28 heavy (non-hydrogen) atoms. The lowest BCUT2D eigenvalue weighted by Crippen LogP contribution is -2.23. The van der Waals surface area contributed by atoms with E-state index in [2.05, 4.69) is 26.2 Å². The van der Waals surface area contributed by atoms with Crippen molar-refractivity contribution < 1.29 is 9.59 Å². The number of Topliss-reactive ketones (excluding diaryl/α,β-unsaturated/α-hetero) is 1. The number of nitrogens with one attached hydrogen (secondary N) is 1. The van der Waals surface area contributed by atoms with Crippen molar-refractivity contribution in [2.45, 2.75) is 25.5 Å². The fourth-order valence-electron chi connectivity index (χ4n) is 2.72. The molecule has 1 N–H and O–H groups in total. The molecule has 0 unspecified atom stereocenters. The third-order valence-electron chi connectivity index (χ3n) is 4.06. The maximum Gasteiger partial charge on any atom is 0.262 e. The van der Waals surface area contributed by atoms with Gasteiger partial charge in [0.1, 0.15) is 0 Å². The number of benzene rings is 2. The molecule has 0 fully saturated rings. The van der Waals surface area contributed by atoms with Crippen LogP contribution in [0.5, 0.6) is 0 Å². The number of ketones is 1. The molecule has 144 valence electrons. The van der Waals surface area contributed by atoms with Crippen molar-refractivity contribution in [1.29, 1.82) is 0 Å². The van der Waals surface area contributed by atoms with Crippen LogP contribution in [0.15, 0.2) is 56.9 Å². The Hall–Kier alpha value is -2.45. The smallest absolute Gasteiger partial charge is 0.262 e. The van der Waals surface area contributed by atoms with Gasteiger partial charge in [-0.2, -0.15) is 0 Å². The molecule has 1 heterocycles. The molecule has 0 aliphatic rings. The van der Waals surface area contributed by atoms with Gasteiger partial charge in [-0.1, -0.05) is 27.7 Å². The summed E-state index contributed by atoms with van der Waals surface area (Å²) < 4.78 is 2.40. The van der Waals surface area contributed by atoms with Gasteiger partial charge in [-0.25, -0.2) is 4.98 Å². The van der Waals surface area contributed by atoms with Gasteiger partial charge in [0.05, 0.1) is 16.7 Å². The molecule has 1 aromatic heterocycles. The van der Waals surface area contributed by atoms with Gasteiger partial charge in [0.15, 0.2) is 10.9 Å². The summed E-state index contributed by atoms with van der Waals surface area (Å²) in [7, 11) is 0. The fraction of sp³-hybridized carbons (Fsp3) is 0.200. The summed E-state index contributed by atoms with van der Waals surface area (Å²) in [6.07, 6.45) is 0. The Kier molecular flexibility index (Phi) is 6.31. The first kappa shape index (κ1) is 20.3. The van der Waals surface area contributed by atoms with Crippen LogP contribution in [0, 0.1) is 0 Å². The van der Waals surface area contributed by atoms with E-state index in [9.17, 15) is 14.4 Å². The van der Waals surface area contributed by atoms with Crippen LogP contribution in [0.4, 0.5) is 5.69 Å². The Morgan fingerprint density at radius 2 is 1.89 bits per heavy atom. The number of nitrogens with zero attached hydrogens (tertiary/aromatic N) is 2. The third kappa shape index (κ3) is 4.51. The Labute approximate surface area is 174 Å². The monoisotopic (exact) mass is 459 g/mol. The number of carbonyl (C=O) groups excluding carboxylic acids is 2. The topological polar surface area (TPSA) is 81.1 Å². The van der Waals surface area contributed by atoms with E-state index in [1.165, 1.54) is 18.7 Å². The van der Waals surface area contributed by atoms with Crippen molar-refractivity contribution in [3.63, 3.8) is 0 Å². The molecule has 1 amide bonds. The Balaban J connectivity index is 1.81. The summed E-state index contributed by atoms with van der Waals surface area (Å²) >= 11 is 4.62. The van der Waals surface area contributed by atoms with Gasteiger partial charge >= 0.3 is 0 Å². The molecule has 3 aromatic rings. The van der Waals surface area contributed by atoms with Crippen LogP contribution in [0.3, 0.4) is 0 Å². The van der Waals surface area contributed by atoms with Gasteiger partial charge in [0.2, 0.25) is 5.91 Å². The van der Waals surface area contributed by atoms with Crippen LogP contribution in [-0.2, 0) is 11.3 Å². The van der Waals surface area contributed by atoms with Crippen LogP contribution in [0.2, 0.25) is 0 Å². The Morgan fingerprint density at radius 1 is 1.18 bits per heavy atom. The van der Waals surface area contributed by atoms with Crippen LogP contribution in [0.1, 0.15) is 24.2 Å². The van der Waals surface area contributed by atoms with E-state index in [-0.39, 0.29) is 23.0 Å². The predicted molar refractivity (Wildman–Crippen MR) is 115 cm³/mol. The second-order valence-corrected chi connectivity index (χ2v) is 7.93. The predicted octanol–water partition coefficient (Wildman–Crippen LogP) is 4.11. The quantitative estimate of drug-likeness (QED) is 0.340. The average Bonchev–Trinajstić information content (AvgIpc) is 2.67. The average molecular weight is 460 g/mol. The van der Waals surface area contributed by atoms with Gasteiger partial charge in [-0.3, -0.25) is 19.0 Å². The van der Waals surface area contributed by atoms with Crippen molar-refractivity contribution in [2.75, 3.05) is 11.1 Å². The highest BCUT2D eigenvalue weighted by Crippen LogP contribution is 2.22. The Morgan fingerprint density at radius 3 is 2.54 bits per heavy atom. The fourth-order valence-corrected chi connectivity index (χ4v) is 4.04. The van der Waals surface area contributed by atoms with Gasteiger partial charge in [-0.05, 0) is 49.4 Å². The molecule has 0 saturated carbocycles. The van der Waals surface area contributed by atoms with Gasteiger partial charge in [0.25, 0.3) is 5.56 Å². The second kappa shape index (κ2) is 8.70. The van der Waals surface area contributed by atoms with Crippen LogP contribution in [0.25, 0.3) is 10.9 Å². The van der Waals surface area contributed by atoms with E-state index in [0.29, 0.717) is 33.9 Å². The van der Waals surface area contributed by atoms with Crippen molar-refractivity contribution in [2.24, 2.45) is 0 Å². The first-order chi connectivity index (χ1) is 13.4. The molecule has 0 spiro atoms. The van der Waals surface area contributed by atoms with E-state index in [1.54, 1.807) is 41.0 Å². The van der Waals surface area contributed by atoms with E-state index in [1.807, 2.05) is 13.0 Å². The molecular formula is C20H18BrN3O3S. The van der Waals surface area contributed by atoms with Gasteiger partial charge < -0.3 is 5.32 Å². The zero-order valence-corrected chi connectivity index (χ0v) is 17.8. The minimum atomic E-state index is -0.165. The first-order valence-corrected chi connectivity index (χ1v) is 10.4. The van der Waals surface area contributed by atoms with Crippen LogP contribution in [-0.4, -0.2) is 27.0 Å². The molecule has 0 atom stereocenters. The number of amides is 1. The maximum absolute atomic E-state index is 12.7. The highest BCUT2D eigenvalue weighted by molar-refractivity contribution is 9.10. The summed E-state index contributed by atoms with van der Waals surface area (Å²) in [5, 5.41) is 3.73. The number of hydrogen-bond acceptors (Lipinski definition) is 5. The number of rotatable bonds is 6. The van der Waals surface area contributed by atoms with E-state index >= 15 is 0 Å². The number of carbonyl (C=O) groups is 2. The minimum Gasteiger partial charge on any atom is -0.326 e. The first-order valence-electron chi connectivity index (χ1n) is 8.62. The van der Waals surface area contributed by atoms with Crippen LogP contribution >= 0.6 is 27.7 Å². The maximum atomic E-state index is 12.7.